The Labute approximate surface area is 144 Å². The molecule has 0 spiro atoms. The maximum atomic E-state index is 12.7. The van der Waals surface area contributed by atoms with Gasteiger partial charge >= 0.3 is 0 Å². The molecule has 2 aliphatic heterocycles. The molecule has 2 N–H and O–H groups in total. The highest BCUT2D eigenvalue weighted by atomic mass is 16.3. The maximum absolute atomic E-state index is 12.7. The molecule has 0 bridgehead atoms. The van der Waals surface area contributed by atoms with Gasteiger partial charge < -0.3 is 14.9 Å². The van der Waals surface area contributed by atoms with Crippen molar-refractivity contribution >= 4 is 5.91 Å². The number of nitrogens with one attached hydrogen (secondary N) is 1. The molecule has 24 heavy (non-hydrogen) atoms. The lowest BCUT2D eigenvalue weighted by Crippen LogP contribution is -2.43. The van der Waals surface area contributed by atoms with E-state index in [9.17, 15) is 9.90 Å². The number of hydrogen-bond donors (Lipinski definition) is 2. The monoisotopic (exact) mass is 334 g/mol. The summed E-state index contributed by atoms with van der Waals surface area (Å²) in [4.78, 5) is 17.0. The van der Waals surface area contributed by atoms with Crippen LogP contribution in [0.1, 0.15) is 49.1 Å². The molecule has 2 fully saturated rings. The van der Waals surface area contributed by atoms with Gasteiger partial charge in [-0.3, -0.25) is 9.89 Å². The SMILES string of the molecule is Cc1n[nH]c(C)c1CC(=O)N1CCC[C@@](O)(CN2CCCC2)CC1. The summed E-state index contributed by atoms with van der Waals surface area (Å²) in [6, 6.07) is 0. The third kappa shape index (κ3) is 3.98. The van der Waals surface area contributed by atoms with Crippen molar-refractivity contribution in [2.45, 2.75) is 58.0 Å². The second kappa shape index (κ2) is 7.23. The van der Waals surface area contributed by atoms with Crippen LogP contribution in [0.4, 0.5) is 0 Å². The van der Waals surface area contributed by atoms with Gasteiger partial charge in [0, 0.05) is 30.9 Å². The smallest absolute Gasteiger partial charge is 0.227 e. The van der Waals surface area contributed by atoms with Gasteiger partial charge in [0.15, 0.2) is 0 Å². The molecule has 0 aromatic carbocycles. The minimum atomic E-state index is -0.638. The summed E-state index contributed by atoms with van der Waals surface area (Å²) in [6.07, 6.45) is 5.22. The van der Waals surface area contributed by atoms with Crippen molar-refractivity contribution in [3.8, 4) is 0 Å². The van der Waals surface area contributed by atoms with Crippen LogP contribution in [0.3, 0.4) is 0 Å². The standard InChI is InChI=1S/C18H30N4O2/c1-14-16(15(2)20-19-14)12-17(23)22-10-5-6-18(24,7-11-22)13-21-8-3-4-9-21/h24H,3-13H2,1-2H3,(H,19,20)/t18-/m0/s1. The third-order valence-corrected chi connectivity index (χ3v) is 5.60. The Morgan fingerprint density at radius 2 is 1.92 bits per heavy atom. The van der Waals surface area contributed by atoms with Crippen molar-refractivity contribution in [3.63, 3.8) is 0 Å². The molecule has 3 heterocycles. The quantitative estimate of drug-likeness (QED) is 0.873. The predicted molar refractivity (Wildman–Crippen MR) is 92.8 cm³/mol. The fourth-order valence-corrected chi connectivity index (χ4v) is 4.04. The zero-order valence-corrected chi connectivity index (χ0v) is 15.0. The molecule has 6 heteroatoms. The average molecular weight is 334 g/mol. The van der Waals surface area contributed by atoms with Gasteiger partial charge in [0.2, 0.25) is 5.91 Å². The number of H-pyrrole nitrogens is 1. The van der Waals surface area contributed by atoms with Gasteiger partial charge in [0.25, 0.3) is 0 Å². The number of nitrogens with zero attached hydrogens (tertiary/aromatic N) is 3. The Morgan fingerprint density at radius 3 is 2.58 bits per heavy atom. The highest BCUT2D eigenvalue weighted by Gasteiger charge is 2.34. The highest BCUT2D eigenvalue weighted by molar-refractivity contribution is 5.79. The Hall–Kier alpha value is -1.40. The zero-order chi connectivity index (χ0) is 17.2. The van der Waals surface area contributed by atoms with Crippen LogP contribution in [0.15, 0.2) is 0 Å². The lowest BCUT2D eigenvalue weighted by molar-refractivity contribution is -0.130. The first kappa shape index (κ1) is 17.4. The highest BCUT2D eigenvalue weighted by Crippen LogP contribution is 2.25. The van der Waals surface area contributed by atoms with Crippen molar-refractivity contribution in [2.24, 2.45) is 0 Å². The van der Waals surface area contributed by atoms with E-state index in [0.717, 1.165) is 56.0 Å². The molecular weight excluding hydrogens is 304 g/mol. The lowest BCUT2D eigenvalue weighted by atomic mass is 9.94. The number of aromatic amines is 1. The van der Waals surface area contributed by atoms with E-state index >= 15 is 0 Å². The van der Waals surface area contributed by atoms with Crippen LogP contribution in [-0.2, 0) is 11.2 Å². The molecule has 0 radical (unpaired) electrons. The molecule has 0 aliphatic carbocycles. The molecule has 1 amide bonds. The largest absolute Gasteiger partial charge is 0.388 e. The maximum Gasteiger partial charge on any atom is 0.227 e. The summed E-state index contributed by atoms with van der Waals surface area (Å²) in [5.41, 5.74) is 2.25. The number of aryl methyl sites for hydroxylation is 2. The lowest BCUT2D eigenvalue weighted by Gasteiger charge is -2.31. The van der Waals surface area contributed by atoms with Crippen molar-refractivity contribution in [2.75, 3.05) is 32.7 Å². The van der Waals surface area contributed by atoms with E-state index in [0.29, 0.717) is 19.4 Å². The molecular formula is C18H30N4O2. The van der Waals surface area contributed by atoms with Crippen LogP contribution in [-0.4, -0.2) is 69.3 Å². The summed E-state index contributed by atoms with van der Waals surface area (Å²) < 4.78 is 0. The molecule has 3 rings (SSSR count). The van der Waals surface area contributed by atoms with E-state index < -0.39 is 5.60 Å². The summed E-state index contributed by atoms with van der Waals surface area (Å²) in [6.45, 7) is 8.25. The summed E-state index contributed by atoms with van der Waals surface area (Å²) >= 11 is 0. The second-order valence-corrected chi connectivity index (χ2v) is 7.53. The minimum absolute atomic E-state index is 0.146. The first-order chi connectivity index (χ1) is 11.5. The number of amides is 1. The minimum Gasteiger partial charge on any atom is -0.388 e. The Bertz CT molecular complexity index is 560. The predicted octanol–water partition coefficient (Wildman–Crippen LogP) is 1.41. The molecule has 1 atom stereocenters. The van der Waals surface area contributed by atoms with Gasteiger partial charge in [-0.15, -0.1) is 0 Å². The normalized spacial score (nSPS) is 25.9. The van der Waals surface area contributed by atoms with E-state index in [1.165, 1.54) is 12.8 Å². The summed E-state index contributed by atoms with van der Waals surface area (Å²) in [5, 5.41) is 18.1. The van der Waals surface area contributed by atoms with Crippen molar-refractivity contribution in [3.05, 3.63) is 17.0 Å². The van der Waals surface area contributed by atoms with Crippen molar-refractivity contribution in [1.82, 2.24) is 20.0 Å². The van der Waals surface area contributed by atoms with E-state index in [1.54, 1.807) is 0 Å². The van der Waals surface area contributed by atoms with E-state index in [-0.39, 0.29) is 5.91 Å². The van der Waals surface area contributed by atoms with Crippen molar-refractivity contribution < 1.29 is 9.90 Å². The first-order valence-electron chi connectivity index (χ1n) is 9.20. The van der Waals surface area contributed by atoms with Gasteiger partial charge in [-0.05, 0) is 59.0 Å². The number of carbonyl (C=O) groups is 1. The van der Waals surface area contributed by atoms with Crippen LogP contribution >= 0.6 is 0 Å². The van der Waals surface area contributed by atoms with Crippen molar-refractivity contribution in [1.29, 1.82) is 0 Å². The van der Waals surface area contributed by atoms with Crippen LogP contribution in [0.25, 0.3) is 0 Å². The molecule has 2 aliphatic rings. The summed E-state index contributed by atoms with van der Waals surface area (Å²) in [7, 11) is 0. The average Bonchev–Trinajstić information content (AvgIpc) is 3.09. The molecule has 6 nitrogen and oxygen atoms in total. The molecule has 1 aromatic heterocycles. The topological polar surface area (TPSA) is 72.5 Å². The molecule has 0 unspecified atom stereocenters. The first-order valence-corrected chi connectivity index (χ1v) is 9.20. The van der Waals surface area contributed by atoms with Gasteiger partial charge in [0.05, 0.1) is 17.7 Å². The fraction of sp³-hybridized carbons (Fsp3) is 0.778. The van der Waals surface area contributed by atoms with Gasteiger partial charge in [-0.25, -0.2) is 0 Å². The van der Waals surface area contributed by atoms with Gasteiger partial charge in [0.1, 0.15) is 0 Å². The van der Waals surface area contributed by atoms with Crippen LogP contribution in [0.5, 0.6) is 0 Å². The zero-order valence-electron chi connectivity index (χ0n) is 15.0. The Kier molecular flexibility index (Phi) is 5.25. The third-order valence-electron chi connectivity index (χ3n) is 5.60. The van der Waals surface area contributed by atoms with E-state index in [1.807, 2.05) is 18.7 Å². The number of aromatic nitrogens is 2. The number of β-amino-alcohol motifs (C(OH)–C–C–N with tert-alkyl or cyclic N) is 1. The fourth-order valence-electron chi connectivity index (χ4n) is 4.04. The number of carbonyl (C=O) groups excluding carboxylic acids is 1. The van der Waals surface area contributed by atoms with Crippen LogP contribution < -0.4 is 0 Å². The second-order valence-electron chi connectivity index (χ2n) is 7.53. The molecule has 0 saturated carbocycles. The van der Waals surface area contributed by atoms with Gasteiger partial charge in [-0.1, -0.05) is 0 Å². The molecule has 1 aromatic rings. The number of rotatable bonds is 4. The van der Waals surface area contributed by atoms with Crippen LogP contribution in [0.2, 0.25) is 0 Å². The number of aliphatic hydroxyl groups is 1. The summed E-state index contributed by atoms with van der Waals surface area (Å²) in [5.74, 6) is 0.146. The molecule has 134 valence electrons. The van der Waals surface area contributed by atoms with Crippen LogP contribution in [0, 0.1) is 13.8 Å². The van der Waals surface area contributed by atoms with E-state index in [2.05, 4.69) is 15.1 Å². The number of likely N-dealkylation sites (tertiary alicyclic amines) is 2. The Balaban J connectivity index is 1.57. The Morgan fingerprint density at radius 1 is 1.17 bits per heavy atom. The van der Waals surface area contributed by atoms with Gasteiger partial charge in [-0.2, -0.15) is 5.10 Å². The molecule has 2 saturated heterocycles. The number of hydrogen-bond acceptors (Lipinski definition) is 4. The van der Waals surface area contributed by atoms with E-state index in [4.69, 9.17) is 0 Å².